The van der Waals surface area contributed by atoms with Crippen LogP contribution in [0.2, 0.25) is 0 Å². The number of ether oxygens (including phenoxy) is 2. The average Bonchev–Trinajstić information content (AvgIpc) is 3.36. The van der Waals surface area contributed by atoms with Gasteiger partial charge in [-0.1, -0.05) is 6.92 Å². The van der Waals surface area contributed by atoms with Crippen LogP contribution in [0.3, 0.4) is 0 Å². The molecule has 2 aromatic heterocycles. The van der Waals surface area contributed by atoms with Gasteiger partial charge < -0.3 is 14.5 Å². The fourth-order valence-electron chi connectivity index (χ4n) is 4.76. The van der Waals surface area contributed by atoms with Crippen molar-refractivity contribution in [2.75, 3.05) is 26.3 Å². The van der Waals surface area contributed by atoms with Gasteiger partial charge in [-0.25, -0.2) is 4.68 Å². The molecule has 194 valence electrons. The molecule has 0 aliphatic carbocycles. The SMILES string of the molecule is CCOC(=O)C1CCN(C(c2cc3cc(OCC)ccc3[nH]c2=O)c2nnnn2C(C)(C)CC)CC1. The number of hydrogen-bond acceptors (Lipinski definition) is 8. The Hall–Kier alpha value is -3.27. The molecule has 0 amide bonds. The van der Waals surface area contributed by atoms with Crippen molar-refractivity contribution in [3.8, 4) is 5.75 Å². The van der Waals surface area contributed by atoms with E-state index < -0.39 is 6.04 Å². The third kappa shape index (κ3) is 5.13. The van der Waals surface area contributed by atoms with E-state index in [9.17, 15) is 9.59 Å². The van der Waals surface area contributed by atoms with Crippen LogP contribution in [-0.2, 0) is 15.1 Å². The van der Waals surface area contributed by atoms with Gasteiger partial charge in [0.2, 0.25) is 0 Å². The number of nitrogens with zero attached hydrogens (tertiary/aromatic N) is 5. The number of aromatic nitrogens is 5. The lowest BCUT2D eigenvalue weighted by Crippen LogP contribution is -2.43. The number of carbonyl (C=O) groups is 1. The van der Waals surface area contributed by atoms with Crippen molar-refractivity contribution in [3.05, 3.63) is 46.0 Å². The molecule has 0 bridgehead atoms. The summed E-state index contributed by atoms with van der Waals surface area (Å²) in [4.78, 5) is 31.0. The van der Waals surface area contributed by atoms with Gasteiger partial charge in [-0.2, -0.15) is 0 Å². The molecule has 0 radical (unpaired) electrons. The molecular weight excluding hydrogens is 460 g/mol. The Morgan fingerprint density at radius 2 is 1.92 bits per heavy atom. The summed E-state index contributed by atoms with van der Waals surface area (Å²) >= 11 is 0. The fraction of sp³-hybridized carbons (Fsp3) is 0.577. The molecule has 1 aromatic carbocycles. The molecule has 36 heavy (non-hydrogen) atoms. The summed E-state index contributed by atoms with van der Waals surface area (Å²) in [7, 11) is 0. The first-order chi connectivity index (χ1) is 17.3. The Morgan fingerprint density at radius 1 is 1.17 bits per heavy atom. The first-order valence-corrected chi connectivity index (χ1v) is 12.8. The molecule has 0 spiro atoms. The van der Waals surface area contributed by atoms with Gasteiger partial charge in [-0.05, 0) is 81.6 Å². The minimum atomic E-state index is -0.474. The number of aromatic amines is 1. The van der Waals surface area contributed by atoms with E-state index in [0.717, 1.165) is 23.1 Å². The number of esters is 1. The largest absolute Gasteiger partial charge is 0.494 e. The highest BCUT2D eigenvalue weighted by Crippen LogP contribution is 2.34. The summed E-state index contributed by atoms with van der Waals surface area (Å²) in [5.41, 5.74) is 0.772. The molecule has 0 saturated carbocycles. The lowest BCUT2D eigenvalue weighted by atomic mass is 9.93. The third-order valence-electron chi connectivity index (χ3n) is 7.14. The Kier molecular flexibility index (Phi) is 7.73. The van der Waals surface area contributed by atoms with E-state index in [1.807, 2.05) is 42.8 Å². The molecule has 4 rings (SSSR count). The maximum absolute atomic E-state index is 13.4. The van der Waals surface area contributed by atoms with E-state index in [-0.39, 0.29) is 23.0 Å². The number of rotatable bonds is 9. The Bertz CT molecular complexity index is 1260. The molecule has 1 unspecified atom stereocenters. The second-order valence-corrected chi connectivity index (χ2v) is 9.82. The van der Waals surface area contributed by atoms with Crippen molar-refractivity contribution in [1.29, 1.82) is 0 Å². The zero-order valence-corrected chi connectivity index (χ0v) is 21.8. The molecule has 1 atom stereocenters. The van der Waals surface area contributed by atoms with Crippen LogP contribution in [0.25, 0.3) is 10.9 Å². The molecule has 3 aromatic rings. The van der Waals surface area contributed by atoms with E-state index in [1.54, 1.807) is 0 Å². The van der Waals surface area contributed by atoms with Crippen molar-refractivity contribution in [2.24, 2.45) is 5.92 Å². The Labute approximate surface area is 211 Å². The minimum Gasteiger partial charge on any atom is -0.494 e. The number of hydrogen-bond donors (Lipinski definition) is 1. The summed E-state index contributed by atoms with van der Waals surface area (Å²) in [6.45, 7) is 12.2. The van der Waals surface area contributed by atoms with Gasteiger partial charge in [-0.15, -0.1) is 5.10 Å². The van der Waals surface area contributed by atoms with Crippen LogP contribution in [-0.4, -0.2) is 62.4 Å². The second kappa shape index (κ2) is 10.8. The molecule has 1 saturated heterocycles. The number of H-pyrrole nitrogens is 1. The van der Waals surface area contributed by atoms with Crippen molar-refractivity contribution in [1.82, 2.24) is 30.1 Å². The highest BCUT2D eigenvalue weighted by Gasteiger charge is 2.37. The highest BCUT2D eigenvalue weighted by atomic mass is 16.5. The van der Waals surface area contributed by atoms with Crippen molar-refractivity contribution in [3.63, 3.8) is 0 Å². The molecular formula is C26H36N6O4. The first-order valence-electron chi connectivity index (χ1n) is 12.8. The lowest BCUT2D eigenvalue weighted by molar-refractivity contribution is -0.149. The summed E-state index contributed by atoms with van der Waals surface area (Å²) < 4.78 is 12.8. The third-order valence-corrected chi connectivity index (χ3v) is 7.14. The number of benzene rings is 1. The zero-order valence-electron chi connectivity index (χ0n) is 21.8. The molecule has 10 nitrogen and oxygen atoms in total. The molecule has 3 heterocycles. The van der Waals surface area contributed by atoms with Crippen LogP contribution in [0.4, 0.5) is 0 Å². The van der Waals surface area contributed by atoms with E-state index >= 15 is 0 Å². The monoisotopic (exact) mass is 496 g/mol. The quantitative estimate of drug-likeness (QED) is 0.448. The topological polar surface area (TPSA) is 115 Å². The molecule has 1 aliphatic heterocycles. The van der Waals surface area contributed by atoms with Gasteiger partial charge in [0.15, 0.2) is 5.82 Å². The summed E-state index contributed by atoms with van der Waals surface area (Å²) in [6.07, 6.45) is 2.11. The number of likely N-dealkylation sites (tertiary alicyclic amines) is 1. The lowest BCUT2D eigenvalue weighted by Gasteiger charge is -2.37. The van der Waals surface area contributed by atoms with Crippen LogP contribution in [0.1, 0.15) is 71.3 Å². The van der Waals surface area contributed by atoms with Gasteiger partial charge in [0, 0.05) is 29.6 Å². The Morgan fingerprint density at radius 3 is 2.58 bits per heavy atom. The Balaban J connectivity index is 1.79. The van der Waals surface area contributed by atoms with E-state index in [1.165, 1.54) is 0 Å². The van der Waals surface area contributed by atoms with Crippen LogP contribution in [0.15, 0.2) is 29.1 Å². The van der Waals surface area contributed by atoms with Crippen molar-refractivity contribution in [2.45, 2.75) is 65.5 Å². The molecule has 1 fully saturated rings. The van der Waals surface area contributed by atoms with Gasteiger partial charge >= 0.3 is 5.97 Å². The molecule has 1 N–H and O–H groups in total. The number of nitrogens with one attached hydrogen (secondary N) is 1. The number of tetrazole rings is 1. The summed E-state index contributed by atoms with van der Waals surface area (Å²) in [5, 5.41) is 13.6. The summed E-state index contributed by atoms with van der Waals surface area (Å²) in [5.74, 6) is 1.06. The van der Waals surface area contributed by atoms with Crippen LogP contribution in [0, 0.1) is 5.92 Å². The summed E-state index contributed by atoms with van der Waals surface area (Å²) in [6, 6.07) is 7.08. The highest BCUT2D eigenvalue weighted by molar-refractivity contribution is 5.80. The number of fused-ring (bicyclic) bond motifs is 1. The van der Waals surface area contributed by atoms with Crippen molar-refractivity contribution < 1.29 is 14.3 Å². The predicted molar refractivity (Wildman–Crippen MR) is 136 cm³/mol. The van der Waals surface area contributed by atoms with Gasteiger partial charge in [0.1, 0.15) is 11.8 Å². The van der Waals surface area contributed by atoms with Crippen LogP contribution in [0.5, 0.6) is 5.75 Å². The standard InChI is InChI=1S/C26H36N6O4/c1-6-26(4,5)32-23(28-29-30-32)22(31-13-11-17(12-14-31)25(34)36-8-3)20-16-18-15-19(35-7-2)9-10-21(18)27-24(20)33/h9-10,15-17,22H,6-8,11-14H2,1-5H3,(H,27,33). The van der Waals surface area contributed by atoms with E-state index in [2.05, 4.69) is 46.2 Å². The van der Waals surface area contributed by atoms with Gasteiger partial charge in [0.25, 0.3) is 5.56 Å². The minimum absolute atomic E-state index is 0.145. The fourth-order valence-corrected chi connectivity index (χ4v) is 4.76. The smallest absolute Gasteiger partial charge is 0.309 e. The van der Waals surface area contributed by atoms with Crippen LogP contribution < -0.4 is 10.3 Å². The van der Waals surface area contributed by atoms with Gasteiger partial charge in [0.05, 0.1) is 24.7 Å². The van der Waals surface area contributed by atoms with E-state index in [0.29, 0.717) is 50.5 Å². The first kappa shape index (κ1) is 25.8. The van der Waals surface area contributed by atoms with Crippen molar-refractivity contribution >= 4 is 16.9 Å². The number of pyridine rings is 1. The molecule has 1 aliphatic rings. The maximum Gasteiger partial charge on any atom is 0.309 e. The second-order valence-electron chi connectivity index (χ2n) is 9.82. The molecule has 10 heteroatoms. The average molecular weight is 497 g/mol. The predicted octanol–water partition coefficient (Wildman–Crippen LogP) is 3.42. The van der Waals surface area contributed by atoms with Crippen LogP contribution >= 0.6 is 0 Å². The maximum atomic E-state index is 13.4. The zero-order chi connectivity index (χ0) is 25.9. The normalized spacial score (nSPS) is 16.2. The van der Waals surface area contributed by atoms with Gasteiger partial charge in [-0.3, -0.25) is 14.5 Å². The van der Waals surface area contributed by atoms with E-state index in [4.69, 9.17) is 9.47 Å². The number of piperidine rings is 1. The number of carbonyl (C=O) groups excluding carboxylic acids is 1.